The fraction of sp³-hybridized carbons (Fsp3) is 0.579. The number of carbonyl (C=O) groups excluding carboxylic acids is 2. The third-order valence-electron chi connectivity index (χ3n) is 3.39. The van der Waals surface area contributed by atoms with E-state index in [1.54, 1.807) is 6.08 Å². The van der Waals surface area contributed by atoms with Crippen LogP contribution in [0.5, 0.6) is 0 Å². The van der Waals surface area contributed by atoms with Crippen molar-refractivity contribution in [2.45, 2.75) is 65.7 Å². The van der Waals surface area contributed by atoms with Gasteiger partial charge in [0.2, 0.25) is 0 Å². The summed E-state index contributed by atoms with van der Waals surface area (Å²) in [6.07, 6.45) is 11.7. The Balaban J connectivity index is 3.94. The van der Waals surface area contributed by atoms with Crippen LogP contribution in [0.15, 0.2) is 34.9 Å². The normalized spacial score (nSPS) is 12.2. The van der Waals surface area contributed by atoms with E-state index in [1.807, 2.05) is 0 Å². The van der Waals surface area contributed by atoms with Crippen molar-refractivity contribution in [3.8, 4) is 0 Å². The molecule has 1 N–H and O–H groups in total. The summed E-state index contributed by atoms with van der Waals surface area (Å²) < 4.78 is 0. The minimum Gasteiger partial charge on any atom is -0.396 e. The lowest BCUT2D eigenvalue weighted by atomic mass is 10.1. The van der Waals surface area contributed by atoms with Gasteiger partial charge in [0.1, 0.15) is 12.1 Å². The topological polar surface area (TPSA) is 54.4 Å². The van der Waals surface area contributed by atoms with Crippen molar-refractivity contribution >= 4 is 12.1 Å². The molecule has 22 heavy (non-hydrogen) atoms. The molecule has 124 valence electrons. The quantitative estimate of drug-likeness (QED) is 0.332. The Hall–Kier alpha value is -1.48. The summed E-state index contributed by atoms with van der Waals surface area (Å²) >= 11 is 0. The summed E-state index contributed by atoms with van der Waals surface area (Å²) in [4.78, 5) is 22.4. The Bertz CT molecular complexity index is 424. The molecule has 0 aliphatic rings. The Labute approximate surface area is 134 Å². The van der Waals surface area contributed by atoms with E-state index in [1.165, 1.54) is 11.1 Å². The molecule has 0 saturated heterocycles. The Morgan fingerprint density at radius 3 is 2.00 bits per heavy atom. The van der Waals surface area contributed by atoms with Crippen LogP contribution in [0.4, 0.5) is 0 Å². The van der Waals surface area contributed by atoms with Crippen molar-refractivity contribution in [2.24, 2.45) is 0 Å². The lowest BCUT2D eigenvalue weighted by Gasteiger charge is -2.00. The molecule has 0 aromatic carbocycles. The highest BCUT2D eigenvalue weighted by molar-refractivity contribution is 5.79. The first kappa shape index (κ1) is 20.5. The van der Waals surface area contributed by atoms with Gasteiger partial charge in [0.05, 0.1) is 0 Å². The summed E-state index contributed by atoms with van der Waals surface area (Å²) in [5, 5.41) is 8.76. The smallest absolute Gasteiger partial charge is 0.145 e. The second-order valence-corrected chi connectivity index (χ2v) is 5.86. The molecule has 0 rings (SSSR count). The number of hydrogen-bond acceptors (Lipinski definition) is 3. The summed E-state index contributed by atoms with van der Waals surface area (Å²) in [6.45, 7) is 6.28. The van der Waals surface area contributed by atoms with Gasteiger partial charge in [-0.25, -0.2) is 0 Å². The summed E-state index contributed by atoms with van der Waals surface area (Å²) in [7, 11) is 0. The lowest BCUT2D eigenvalue weighted by molar-refractivity contribution is -0.119. The molecule has 0 bridgehead atoms. The van der Waals surface area contributed by atoms with Gasteiger partial charge >= 0.3 is 0 Å². The monoisotopic (exact) mass is 306 g/mol. The second kappa shape index (κ2) is 13.2. The largest absolute Gasteiger partial charge is 0.396 e. The van der Waals surface area contributed by atoms with E-state index in [0.717, 1.165) is 25.5 Å². The number of rotatable bonds is 12. The maximum absolute atomic E-state index is 11.7. The van der Waals surface area contributed by atoms with Gasteiger partial charge in [-0.15, -0.1) is 0 Å². The first-order valence-electron chi connectivity index (χ1n) is 8.05. The molecule has 0 saturated carbocycles. The second-order valence-electron chi connectivity index (χ2n) is 5.86. The average Bonchev–Trinajstić information content (AvgIpc) is 2.46. The van der Waals surface area contributed by atoms with Crippen molar-refractivity contribution < 1.29 is 14.7 Å². The Morgan fingerprint density at radius 2 is 1.45 bits per heavy atom. The molecular weight excluding hydrogens is 276 g/mol. The van der Waals surface area contributed by atoms with Crippen LogP contribution >= 0.6 is 0 Å². The third kappa shape index (κ3) is 12.3. The van der Waals surface area contributed by atoms with E-state index in [9.17, 15) is 9.59 Å². The molecule has 0 amide bonds. The van der Waals surface area contributed by atoms with E-state index in [-0.39, 0.29) is 12.4 Å². The number of aliphatic hydroxyl groups excluding tert-OH is 1. The van der Waals surface area contributed by atoms with Gasteiger partial charge in [0, 0.05) is 19.4 Å². The highest BCUT2D eigenvalue weighted by atomic mass is 16.3. The van der Waals surface area contributed by atoms with Gasteiger partial charge in [0.25, 0.3) is 0 Å². The standard InChI is InChI=1S/C19H30O3/c1-16(2)7-4-8-17(3)9-5-11-19(22)12-6-10-18(15-21)13-14-20/h7,9-10,15,20H,4-6,8,11-14H2,1-3H3. The van der Waals surface area contributed by atoms with Crippen molar-refractivity contribution in [3.05, 3.63) is 34.9 Å². The minimum atomic E-state index is -0.0324. The predicted octanol–water partition coefficient (Wildman–Crippen LogP) is 4.32. The average molecular weight is 306 g/mol. The predicted molar refractivity (Wildman–Crippen MR) is 91.7 cm³/mol. The van der Waals surface area contributed by atoms with E-state index < -0.39 is 0 Å². The zero-order chi connectivity index (χ0) is 16.8. The molecule has 0 heterocycles. The van der Waals surface area contributed by atoms with E-state index in [4.69, 9.17) is 5.11 Å². The van der Waals surface area contributed by atoms with Crippen LogP contribution in [0, 0.1) is 0 Å². The molecule has 0 atom stereocenters. The summed E-state index contributed by atoms with van der Waals surface area (Å²) in [6, 6.07) is 0. The Kier molecular flexibility index (Phi) is 12.3. The van der Waals surface area contributed by atoms with Crippen molar-refractivity contribution in [2.75, 3.05) is 6.61 Å². The van der Waals surface area contributed by atoms with Crippen LogP contribution in [-0.4, -0.2) is 23.8 Å². The van der Waals surface area contributed by atoms with Crippen LogP contribution in [0.2, 0.25) is 0 Å². The fourth-order valence-electron chi connectivity index (χ4n) is 2.05. The molecule has 0 aromatic rings. The zero-order valence-electron chi connectivity index (χ0n) is 14.2. The highest BCUT2D eigenvalue weighted by Gasteiger charge is 2.01. The molecule has 0 spiro atoms. The molecule has 0 fully saturated rings. The van der Waals surface area contributed by atoms with Gasteiger partial charge < -0.3 is 5.11 Å². The molecule has 0 aliphatic heterocycles. The van der Waals surface area contributed by atoms with Crippen LogP contribution in [0.3, 0.4) is 0 Å². The molecule has 0 aliphatic carbocycles. The summed E-state index contributed by atoms with van der Waals surface area (Å²) in [5.41, 5.74) is 3.24. The summed E-state index contributed by atoms with van der Waals surface area (Å²) in [5.74, 6) is 0.221. The van der Waals surface area contributed by atoms with E-state index in [0.29, 0.717) is 31.3 Å². The van der Waals surface area contributed by atoms with Crippen LogP contribution in [0.25, 0.3) is 0 Å². The fourth-order valence-corrected chi connectivity index (χ4v) is 2.05. The molecule has 3 nitrogen and oxygen atoms in total. The maximum Gasteiger partial charge on any atom is 0.145 e. The molecule has 0 aromatic heterocycles. The Morgan fingerprint density at radius 1 is 0.864 bits per heavy atom. The zero-order valence-corrected chi connectivity index (χ0v) is 14.2. The van der Waals surface area contributed by atoms with Gasteiger partial charge in [0.15, 0.2) is 0 Å². The third-order valence-corrected chi connectivity index (χ3v) is 3.39. The van der Waals surface area contributed by atoms with E-state index >= 15 is 0 Å². The molecule has 0 radical (unpaired) electrons. The number of carbonyl (C=O) groups is 2. The molecule has 3 heteroatoms. The molecular formula is C19H30O3. The van der Waals surface area contributed by atoms with Gasteiger partial charge in [-0.1, -0.05) is 29.4 Å². The van der Waals surface area contributed by atoms with E-state index in [2.05, 4.69) is 32.9 Å². The minimum absolute atomic E-state index is 0.0324. The molecule has 0 unspecified atom stereocenters. The number of aliphatic hydroxyl groups is 1. The number of hydrogen-bond donors (Lipinski definition) is 1. The number of ketones is 1. The highest BCUT2D eigenvalue weighted by Crippen LogP contribution is 2.10. The van der Waals surface area contributed by atoms with Crippen LogP contribution in [-0.2, 0) is 9.59 Å². The van der Waals surface area contributed by atoms with Crippen LogP contribution in [0.1, 0.15) is 65.7 Å². The number of aldehydes is 1. The van der Waals surface area contributed by atoms with Crippen molar-refractivity contribution in [1.29, 1.82) is 0 Å². The SMILES string of the molecule is CC(C)=CCCC(C)=CCCC(=O)CCC=C(C=O)CCO. The van der Waals surface area contributed by atoms with Gasteiger partial charge in [-0.3, -0.25) is 9.59 Å². The number of Topliss-reactive ketones (excluding diaryl/α,β-unsaturated/α-hetero) is 1. The van der Waals surface area contributed by atoms with Gasteiger partial charge in [-0.2, -0.15) is 0 Å². The number of allylic oxidation sites excluding steroid dienone is 5. The first-order chi connectivity index (χ1) is 10.5. The van der Waals surface area contributed by atoms with Crippen molar-refractivity contribution in [1.82, 2.24) is 0 Å². The van der Waals surface area contributed by atoms with Crippen molar-refractivity contribution in [3.63, 3.8) is 0 Å². The first-order valence-corrected chi connectivity index (χ1v) is 8.05. The van der Waals surface area contributed by atoms with Gasteiger partial charge in [-0.05, 0) is 58.4 Å². The lowest BCUT2D eigenvalue weighted by Crippen LogP contribution is -1.97. The maximum atomic E-state index is 11.7. The van der Waals surface area contributed by atoms with Crippen LogP contribution < -0.4 is 0 Å².